The first kappa shape index (κ1) is 19.8. The van der Waals surface area contributed by atoms with Gasteiger partial charge < -0.3 is 16.4 Å². The molecule has 0 radical (unpaired) electrons. The maximum atomic E-state index is 12.6. The van der Waals surface area contributed by atoms with Crippen LogP contribution in [0.1, 0.15) is 27.5 Å². The summed E-state index contributed by atoms with van der Waals surface area (Å²) in [4.78, 5) is 35.4. The highest BCUT2D eigenvalue weighted by atomic mass is 35.5. The summed E-state index contributed by atoms with van der Waals surface area (Å²) in [5.74, 6) is -1.73. The summed E-state index contributed by atoms with van der Waals surface area (Å²) in [5.41, 5.74) is 6.73. The minimum absolute atomic E-state index is 0.164. The smallest absolute Gasteiger partial charge is 0.250 e. The summed E-state index contributed by atoms with van der Waals surface area (Å²) < 4.78 is 0. The van der Waals surface area contributed by atoms with Crippen LogP contribution in [-0.4, -0.2) is 23.6 Å². The Morgan fingerprint density at radius 3 is 2.35 bits per heavy atom. The Morgan fingerprint density at radius 1 is 1.08 bits per heavy atom. The average molecular weight is 394 g/mol. The zero-order chi connectivity index (χ0) is 19.1. The van der Waals surface area contributed by atoms with Gasteiger partial charge in [-0.2, -0.15) is 0 Å². The fourth-order valence-electron chi connectivity index (χ4n) is 2.30. The topological polar surface area (TPSA) is 101 Å². The molecule has 1 unspecified atom stereocenters. The van der Waals surface area contributed by atoms with Gasteiger partial charge in [-0.3, -0.25) is 14.4 Å². The van der Waals surface area contributed by atoms with Crippen LogP contribution in [0, 0.1) is 0 Å². The first-order valence-corrected chi connectivity index (χ1v) is 8.60. The number of carbonyl (C=O) groups excluding carboxylic acids is 3. The third-order valence-corrected chi connectivity index (χ3v) is 4.14. The van der Waals surface area contributed by atoms with E-state index in [0.717, 1.165) is 0 Å². The van der Waals surface area contributed by atoms with Crippen molar-refractivity contribution in [2.75, 3.05) is 5.88 Å². The molecule has 3 amide bonds. The lowest BCUT2D eigenvalue weighted by Crippen LogP contribution is -2.40. The first-order valence-electron chi connectivity index (χ1n) is 7.68. The van der Waals surface area contributed by atoms with Crippen molar-refractivity contribution in [2.24, 2.45) is 5.73 Å². The lowest BCUT2D eigenvalue weighted by Gasteiger charge is -2.18. The summed E-state index contributed by atoms with van der Waals surface area (Å²) in [7, 11) is 0. The number of benzene rings is 2. The Labute approximate surface area is 160 Å². The Kier molecular flexibility index (Phi) is 7.00. The van der Waals surface area contributed by atoms with Crippen molar-refractivity contribution in [1.82, 2.24) is 10.6 Å². The molecule has 8 heteroatoms. The molecule has 2 aromatic rings. The van der Waals surface area contributed by atoms with Gasteiger partial charge >= 0.3 is 0 Å². The van der Waals surface area contributed by atoms with Crippen LogP contribution < -0.4 is 16.4 Å². The molecule has 0 saturated carbocycles. The number of primary amides is 1. The number of rotatable bonds is 7. The van der Waals surface area contributed by atoms with E-state index in [2.05, 4.69) is 10.6 Å². The van der Waals surface area contributed by atoms with Crippen molar-refractivity contribution in [3.05, 3.63) is 70.2 Å². The number of carbonyl (C=O) groups is 3. The molecule has 136 valence electrons. The standard InChI is InChI=1S/C18H17Cl2N3O3/c19-9-15(24)23-16(12-4-2-1-3-5-12)18(26)22-10-11-6-7-13(17(21)25)14(20)8-11/h1-8,16H,9-10H2,(H2,21,25)(H,22,26)(H,23,24). The van der Waals surface area contributed by atoms with Gasteiger partial charge in [-0.15, -0.1) is 11.6 Å². The van der Waals surface area contributed by atoms with Gasteiger partial charge in [-0.1, -0.05) is 48.0 Å². The van der Waals surface area contributed by atoms with Gasteiger partial charge in [0.05, 0.1) is 10.6 Å². The van der Waals surface area contributed by atoms with Crippen LogP contribution in [0.25, 0.3) is 0 Å². The number of halogens is 2. The van der Waals surface area contributed by atoms with Crippen LogP contribution in [0.5, 0.6) is 0 Å². The molecule has 2 rings (SSSR count). The molecule has 26 heavy (non-hydrogen) atoms. The van der Waals surface area contributed by atoms with Crippen LogP contribution >= 0.6 is 23.2 Å². The number of nitrogens with one attached hydrogen (secondary N) is 2. The maximum Gasteiger partial charge on any atom is 0.250 e. The van der Waals surface area contributed by atoms with E-state index >= 15 is 0 Å². The zero-order valence-electron chi connectivity index (χ0n) is 13.7. The summed E-state index contributed by atoms with van der Waals surface area (Å²) >= 11 is 11.5. The fourth-order valence-corrected chi connectivity index (χ4v) is 2.68. The van der Waals surface area contributed by atoms with E-state index in [1.807, 2.05) is 6.07 Å². The Bertz CT molecular complexity index is 813. The Hall–Kier alpha value is -2.57. The van der Waals surface area contributed by atoms with E-state index in [9.17, 15) is 14.4 Å². The van der Waals surface area contributed by atoms with Crippen LogP contribution in [0.15, 0.2) is 48.5 Å². The highest BCUT2D eigenvalue weighted by molar-refractivity contribution is 6.33. The molecular formula is C18H17Cl2N3O3. The summed E-state index contributed by atoms with van der Waals surface area (Å²) in [6, 6.07) is 12.6. The lowest BCUT2D eigenvalue weighted by molar-refractivity contribution is -0.128. The van der Waals surface area contributed by atoms with Crippen molar-refractivity contribution in [3.63, 3.8) is 0 Å². The van der Waals surface area contributed by atoms with Crippen molar-refractivity contribution >= 4 is 40.9 Å². The molecule has 2 aromatic carbocycles. The normalized spacial score (nSPS) is 11.5. The largest absolute Gasteiger partial charge is 0.366 e. The van der Waals surface area contributed by atoms with Crippen LogP contribution in [0.2, 0.25) is 5.02 Å². The molecule has 0 spiro atoms. The second-order valence-electron chi connectivity index (χ2n) is 5.44. The average Bonchev–Trinajstić information content (AvgIpc) is 2.64. The summed E-state index contributed by atoms with van der Waals surface area (Å²) in [6.07, 6.45) is 0. The minimum atomic E-state index is -0.872. The number of amides is 3. The molecule has 0 aromatic heterocycles. The van der Waals surface area contributed by atoms with Gasteiger partial charge in [0.2, 0.25) is 17.7 Å². The molecule has 0 bridgehead atoms. The molecule has 0 fully saturated rings. The van der Waals surface area contributed by atoms with Gasteiger partial charge in [-0.05, 0) is 23.3 Å². The molecule has 0 aliphatic heterocycles. The fraction of sp³-hybridized carbons (Fsp3) is 0.167. The molecule has 1 atom stereocenters. The highest BCUT2D eigenvalue weighted by Gasteiger charge is 2.22. The Morgan fingerprint density at radius 2 is 1.77 bits per heavy atom. The van der Waals surface area contributed by atoms with E-state index in [1.165, 1.54) is 6.07 Å². The SMILES string of the molecule is NC(=O)c1ccc(CNC(=O)C(NC(=O)CCl)c2ccccc2)cc1Cl. The van der Waals surface area contributed by atoms with E-state index in [4.69, 9.17) is 28.9 Å². The van der Waals surface area contributed by atoms with Crippen molar-refractivity contribution in [1.29, 1.82) is 0 Å². The molecule has 0 aliphatic rings. The van der Waals surface area contributed by atoms with Crippen molar-refractivity contribution in [3.8, 4) is 0 Å². The molecular weight excluding hydrogens is 377 g/mol. The second-order valence-corrected chi connectivity index (χ2v) is 6.12. The maximum absolute atomic E-state index is 12.6. The number of hydrogen-bond donors (Lipinski definition) is 3. The third-order valence-electron chi connectivity index (χ3n) is 3.59. The van der Waals surface area contributed by atoms with Crippen molar-refractivity contribution in [2.45, 2.75) is 12.6 Å². The van der Waals surface area contributed by atoms with Crippen LogP contribution in [-0.2, 0) is 16.1 Å². The second kappa shape index (κ2) is 9.22. The van der Waals surface area contributed by atoms with Gasteiger partial charge in [-0.25, -0.2) is 0 Å². The quantitative estimate of drug-likeness (QED) is 0.628. The zero-order valence-corrected chi connectivity index (χ0v) is 15.2. The monoisotopic (exact) mass is 393 g/mol. The number of hydrogen-bond acceptors (Lipinski definition) is 3. The van der Waals surface area contributed by atoms with E-state index < -0.39 is 23.8 Å². The van der Waals surface area contributed by atoms with E-state index in [-0.39, 0.29) is 23.0 Å². The van der Waals surface area contributed by atoms with E-state index in [1.54, 1.807) is 36.4 Å². The highest BCUT2D eigenvalue weighted by Crippen LogP contribution is 2.18. The minimum Gasteiger partial charge on any atom is -0.366 e. The van der Waals surface area contributed by atoms with Crippen LogP contribution in [0.3, 0.4) is 0 Å². The van der Waals surface area contributed by atoms with Gasteiger partial charge in [0.25, 0.3) is 0 Å². The molecule has 0 heterocycles. The lowest BCUT2D eigenvalue weighted by atomic mass is 10.1. The third kappa shape index (κ3) is 5.21. The molecule has 6 nitrogen and oxygen atoms in total. The predicted molar refractivity (Wildman–Crippen MR) is 99.9 cm³/mol. The summed E-state index contributed by atoms with van der Waals surface area (Å²) in [6.45, 7) is 0.164. The van der Waals surface area contributed by atoms with Crippen molar-refractivity contribution < 1.29 is 14.4 Å². The molecule has 0 aliphatic carbocycles. The van der Waals surface area contributed by atoms with E-state index in [0.29, 0.717) is 11.1 Å². The number of alkyl halides is 1. The summed E-state index contributed by atoms with van der Waals surface area (Å²) in [5, 5.41) is 5.52. The van der Waals surface area contributed by atoms with Gasteiger partial charge in [0.15, 0.2) is 0 Å². The molecule has 4 N–H and O–H groups in total. The first-order chi connectivity index (χ1) is 12.4. The van der Waals surface area contributed by atoms with Crippen LogP contribution in [0.4, 0.5) is 0 Å². The molecule has 0 saturated heterocycles. The Balaban J connectivity index is 2.11. The van der Waals surface area contributed by atoms with Gasteiger partial charge in [0.1, 0.15) is 11.9 Å². The van der Waals surface area contributed by atoms with Gasteiger partial charge in [0, 0.05) is 6.54 Å². The number of nitrogens with two attached hydrogens (primary N) is 1. The predicted octanol–water partition coefficient (Wildman–Crippen LogP) is 2.15.